The molecule has 0 radical (unpaired) electrons. The summed E-state index contributed by atoms with van der Waals surface area (Å²) in [5.74, 6) is 0.127. The summed E-state index contributed by atoms with van der Waals surface area (Å²) in [6.45, 7) is 9.55. The Labute approximate surface area is 109 Å². The highest BCUT2D eigenvalue weighted by atomic mass is 16.5. The van der Waals surface area contributed by atoms with Crippen molar-refractivity contribution in [2.75, 3.05) is 13.1 Å². The second-order valence-corrected chi connectivity index (χ2v) is 6.30. The van der Waals surface area contributed by atoms with Crippen molar-refractivity contribution in [3.63, 3.8) is 0 Å². The Bertz CT molecular complexity index is 292. The van der Waals surface area contributed by atoms with Crippen LogP contribution in [0.1, 0.15) is 40.5 Å². The maximum atomic E-state index is 10.2. The third-order valence-electron chi connectivity index (χ3n) is 3.48. The molecule has 6 nitrogen and oxygen atoms in total. The van der Waals surface area contributed by atoms with Gasteiger partial charge in [0.15, 0.2) is 5.96 Å². The van der Waals surface area contributed by atoms with Crippen molar-refractivity contribution in [1.29, 1.82) is 0 Å². The topological polar surface area (TPSA) is 99.9 Å². The second kappa shape index (κ2) is 5.42. The average molecular weight is 257 g/mol. The molecule has 0 unspecified atom stereocenters. The van der Waals surface area contributed by atoms with Gasteiger partial charge in [0.25, 0.3) is 0 Å². The molecule has 1 aliphatic rings. The SMILES string of the molecule is CC1(C)CC(NCCN=C(N)N)CC(C)(C)N1O. The molecule has 1 aliphatic heterocycles. The summed E-state index contributed by atoms with van der Waals surface area (Å²) >= 11 is 0. The fraction of sp³-hybridized carbons (Fsp3) is 0.917. The highest BCUT2D eigenvalue weighted by Crippen LogP contribution is 2.36. The summed E-state index contributed by atoms with van der Waals surface area (Å²) < 4.78 is 0. The number of nitrogens with zero attached hydrogens (tertiary/aromatic N) is 2. The Kier molecular flexibility index (Phi) is 4.58. The van der Waals surface area contributed by atoms with Gasteiger partial charge in [-0.25, -0.2) is 0 Å². The smallest absolute Gasteiger partial charge is 0.185 e. The van der Waals surface area contributed by atoms with E-state index in [0.717, 1.165) is 19.4 Å². The normalized spacial score (nSPS) is 23.8. The molecule has 0 aliphatic carbocycles. The molecule has 1 rings (SSSR count). The first-order valence-corrected chi connectivity index (χ1v) is 6.43. The lowest BCUT2D eigenvalue weighted by Gasteiger charge is -2.51. The standard InChI is InChI=1S/C12H27N5O/c1-11(2)7-9(8-12(3,4)17(11)18)15-5-6-16-10(13)14/h9,15,18H,5-8H2,1-4H3,(H4,13,14,16). The maximum absolute atomic E-state index is 10.2. The summed E-state index contributed by atoms with van der Waals surface area (Å²) in [6.07, 6.45) is 1.80. The number of aliphatic imine (C=N–C) groups is 1. The highest BCUT2D eigenvalue weighted by Gasteiger charge is 2.44. The van der Waals surface area contributed by atoms with E-state index >= 15 is 0 Å². The van der Waals surface area contributed by atoms with Crippen molar-refractivity contribution in [2.24, 2.45) is 16.5 Å². The Morgan fingerprint density at radius 3 is 2.22 bits per heavy atom. The summed E-state index contributed by atoms with van der Waals surface area (Å²) in [4.78, 5) is 3.95. The van der Waals surface area contributed by atoms with E-state index in [-0.39, 0.29) is 17.0 Å². The monoisotopic (exact) mass is 257 g/mol. The van der Waals surface area contributed by atoms with Crippen LogP contribution in [0.5, 0.6) is 0 Å². The zero-order valence-electron chi connectivity index (χ0n) is 11.9. The minimum absolute atomic E-state index is 0.127. The Morgan fingerprint density at radius 1 is 1.28 bits per heavy atom. The number of nitrogens with one attached hydrogen (secondary N) is 1. The number of hydrogen-bond donors (Lipinski definition) is 4. The van der Waals surface area contributed by atoms with Crippen LogP contribution in [0.2, 0.25) is 0 Å². The minimum Gasteiger partial charge on any atom is -0.370 e. The molecule has 0 aromatic heterocycles. The number of hydrogen-bond acceptors (Lipinski definition) is 4. The van der Waals surface area contributed by atoms with Gasteiger partial charge in [-0.2, -0.15) is 5.06 Å². The number of guanidine groups is 1. The first-order valence-electron chi connectivity index (χ1n) is 6.43. The van der Waals surface area contributed by atoms with Gasteiger partial charge < -0.3 is 22.0 Å². The van der Waals surface area contributed by atoms with Gasteiger partial charge in [-0.05, 0) is 40.5 Å². The Morgan fingerprint density at radius 2 is 1.78 bits per heavy atom. The number of piperidine rings is 1. The van der Waals surface area contributed by atoms with Crippen LogP contribution in [0.25, 0.3) is 0 Å². The fourth-order valence-electron chi connectivity index (χ4n) is 2.87. The molecule has 6 N–H and O–H groups in total. The lowest BCUT2D eigenvalue weighted by molar-refractivity contribution is -0.246. The predicted octanol–water partition coefficient (Wildman–Crippen LogP) is 0.260. The van der Waals surface area contributed by atoms with E-state index in [0.29, 0.717) is 12.6 Å². The lowest BCUT2D eigenvalue weighted by atomic mass is 9.79. The van der Waals surface area contributed by atoms with Gasteiger partial charge in [-0.15, -0.1) is 0 Å². The van der Waals surface area contributed by atoms with Gasteiger partial charge in [0.2, 0.25) is 0 Å². The summed E-state index contributed by atoms with van der Waals surface area (Å²) in [7, 11) is 0. The Hall–Kier alpha value is -0.850. The van der Waals surface area contributed by atoms with Gasteiger partial charge in [-0.1, -0.05) is 0 Å². The molecule has 0 saturated carbocycles. The predicted molar refractivity (Wildman–Crippen MR) is 73.5 cm³/mol. The second-order valence-electron chi connectivity index (χ2n) is 6.30. The molecule has 1 heterocycles. The van der Waals surface area contributed by atoms with E-state index in [1.54, 1.807) is 0 Å². The van der Waals surface area contributed by atoms with Gasteiger partial charge >= 0.3 is 0 Å². The zero-order valence-corrected chi connectivity index (χ0v) is 11.9. The molecule has 0 atom stereocenters. The molecule has 18 heavy (non-hydrogen) atoms. The fourth-order valence-corrected chi connectivity index (χ4v) is 2.87. The highest BCUT2D eigenvalue weighted by molar-refractivity contribution is 5.75. The molecule has 0 bridgehead atoms. The summed E-state index contributed by atoms with van der Waals surface area (Å²) in [5, 5.41) is 15.1. The van der Waals surface area contributed by atoms with Gasteiger partial charge in [0.05, 0.1) is 6.54 Å². The van der Waals surface area contributed by atoms with Crippen molar-refractivity contribution in [1.82, 2.24) is 10.4 Å². The third-order valence-corrected chi connectivity index (χ3v) is 3.48. The molecule has 1 fully saturated rings. The largest absolute Gasteiger partial charge is 0.370 e. The van der Waals surface area contributed by atoms with Crippen LogP contribution < -0.4 is 16.8 Å². The average Bonchev–Trinajstić information content (AvgIpc) is 2.20. The lowest BCUT2D eigenvalue weighted by Crippen LogP contribution is -2.62. The van der Waals surface area contributed by atoms with Gasteiger partial charge in [0, 0.05) is 23.7 Å². The molecule has 0 aromatic rings. The van der Waals surface area contributed by atoms with E-state index in [1.807, 2.05) is 0 Å². The summed E-state index contributed by atoms with van der Waals surface area (Å²) in [6, 6.07) is 0.368. The van der Waals surface area contributed by atoms with Crippen LogP contribution in [0.15, 0.2) is 4.99 Å². The third kappa shape index (κ3) is 3.83. The van der Waals surface area contributed by atoms with Crippen LogP contribution >= 0.6 is 0 Å². The van der Waals surface area contributed by atoms with Crippen molar-refractivity contribution in [3.05, 3.63) is 0 Å². The first kappa shape index (κ1) is 15.2. The first-order chi connectivity index (χ1) is 8.15. The Balaban J connectivity index is 2.51. The molecular weight excluding hydrogens is 230 g/mol. The quantitative estimate of drug-likeness (QED) is 0.329. The number of rotatable bonds is 4. The molecule has 0 spiro atoms. The van der Waals surface area contributed by atoms with Crippen molar-refractivity contribution in [2.45, 2.75) is 57.7 Å². The van der Waals surface area contributed by atoms with Gasteiger partial charge in [0.1, 0.15) is 0 Å². The van der Waals surface area contributed by atoms with Crippen LogP contribution in [0.3, 0.4) is 0 Å². The molecular formula is C12H27N5O. The van der Waals surface area contributed by atoms with Crippen LogP contribution in [-0.4, -0.2) is 46.4 Å². The van der Waals surface area contributed by atoms with Crippen molar-refractivity contribution >= 4 is 5.96 Å². The zero-order chi connectivity index (χ0) is 14.0. The van der Waals surface area contributed by atoms with E-state index < -0.39 is 0 Å². The molecule has 1 saturated heterocycles. The molecule has 106 valence electrons. The van der Waals surface area contributed by atoms with Crippen LogP contribution in [0, 0.1) is 0 Å². The van der Waals surface area contributed by atoms with Gasteiger partial charge in [-0.3, -0.25) is 4.99 Å². The molecule has 6 heteroatoms. The van der Waals surface area contributed by atoms with E-state index in [1.165, 1.54) is 5.06 Å². The van der Waals surface area contributed by atoms with E-state index in [4.69, 9.17) is 11.5 Å². The summed E-state index contributed by atoms with van der Waals surface area (Å²) in [5.41, 5.74) is 10.1. The van der Waals surface area contributed by atoms with E-state index in [9.17, 15) is 5.21 Å². The van der Waals surface area contributed by atoms with Crippen molar-refractivity contribution < 1.29 is 5.21 Å². The number of nitrogens with two attached hydrogens (primary N) is 2. The van der Waals surface area contributed by atoms with E-state index in [2.05, 4.69) is 38.0 Å². The molecule has 0 amide bonds. The minimum atomic E-state index is -0.227. The van der Waals surface area contributed by atoms with Crippen molar-refractivity contribution in [3.8, 4) is 0 Å². The van der Waals surface area contributed by atoms with Crippen LogP contribution in [-0.2, 0) is 0 Å². The maximum Gasteiger partial charge on any atom is 0.185 e. The molecule has 0 aromatic carbocycles. The van der Waals surface area contributed by atoms with Crippen LogP contribution in [0.4, 0.5) is 0 Å². The number of hydroxylamine groups is 2.